The molecule has 0 amide bonds. The highest BCUT2D eigenvalue weighted by Crippen LogP contribution is 2.38. The molecule has 0 unspecified atom stereocenters. The first-order valence-corrected chi connectivity index (χ1v) is 11.6. The maximum atomic E-state index is 10.5. The number of ether oxygens (including phenoxy) is 1. The highest BCUT2D eigenvalue weighted by atomic mass is 32.1. The Morgan fingerprint density at radius 1 is 1.16 bits per heavy atom. The lowest BCUT2D eigenvalue weighted by atomic mass is 10.1. The van der Waals surface area contributed by atoms with E-state index >= 15 is 0 Å². The molecule has 2 heterocycles. The Balaban J connectivity index is 1.69. The number of anilines is 2. The molecule has 0 bridgehead atoms. The number of nitrogens with one attached hydrogen (secondary N) is 2. The molecule has 1 aliphatic carbocycles. The van der Waals surface area contributed by atoms with E-state index in [1.807, 2.05) is 38.1 Å². The molecule has 3 aromatic rings. The van der Waals surface area contributed by atoms with Crippen molar-refractivity contribution in [3.8, 4) is 10.6 Å². The van der Waals surface area contributed by atoms with E-state index in [4.69, 9.17) is 9.72 Å². The Bertz CT molecular complexity index is 1030. The number of nitrogens with zero attached hydrogens (tertiary/aromatic N) is 3. The summed E-state index contributed by atoms with van der Waals surface area (Å²) in [6.07, 6.45) is -1.58. The Labute approximate surface area is 190 Å². The van der Waals surface area contributed by atoms with Gasteiger partial charge in [0.15, 0.2) is 0 Å². The number of hydrogen-bond acceptors (Lipinski definition) is 10. The number of aromatic nitrogens is 3. The van der Waals surface area contributed by atoms with Gasteiger partial charge in [0.25, 0.3) is 0 Å². The predicted octanol–water partition coefficient (Wildman–Crippen LogP) is 2.02. The van der Waals surface area contributed by atoms with Gasteiger partial charge in [0.1, 0.15) is 16.9 Å². The van der Waals surface area contributed by atoms with E-state index in [-0.39, 0.29) is 12.5 Å². The SMILES string of the molecule is CCOCCNc1nc(C)c(-c2nc3ccccc3s2)c(N[C@@H]2C[C@@H](CO)[C@@H](O)[C@H]2O)n1. The zero-order chi connectivity index (χ0) is 22.7. The summed E-state index contributed by atoms with van der Waals surface area (Å²) in [5.74, 6) is 0.590. The second-order valence-corrected chi connectivity index (χ2v) is 8.91. The maximum Gasteiger partial charge on any atom is 0.224 e. The summed E-state index contributed by atoms with van der Waals surface area (Å²) < 4.78 is 6.43. The summed E-state index contributed by atoms with van der Waals surface area (Å²) >= 11 is 1.55. The van der Waals surface area contributed by atoms with E-state index in [9.17, 15) is 15.3 Å². The van der Waals surface area contributed by atoms with Gasteiger partial charge in [0.2, 0.25) is 5.95 Å². The minimum absolute atomic E-state index is 0.186. The predicted molar refractivity (Wildman–Crippen MR) is 125 cm³/mol. The van der Waals surface area contributed by atoms with E-state index in [1.165, 1.54) is 0 Å². The van der Waals surface area contributed by atoms with Crippen LogP contribution in [-0.2, 0) is 4.74 Å². The molecule has 1 aliphatic rings. The number of aryl methyl sites for hydroxylation is 1. The van der Waals surface area contributed by atoms with Gasteiger partial charge >= 0.3 is 0 Å². The number of aliphatic hydroxyl groups excluding tert-OH is 3. The summed E-state index contributed by atoms with van der Waals surface area (Å²) in [4.78, 5) is 14.1. The van der Waals surface area contributed by atoms with E-state index in [1.54, 1.807) is 11.3 Å². The van der Waals surface area contributed by atoms with Gasteiger partial charge in [0, 0.05) is 25.7 Å². The average Bonchev–Trinajstić information content (AvgIpc) is 3.32. The number of aliphatic hydroxyl groups is 3. The first-order valence-electron chi connectivity index (χ1n) is 10.8. The summed E-state index contributed by atoms with van der Waals surface area (Å²) in [6.45, 7) is 5.39. The van der Waals surface area contributed by atoms with Crippen LogP contribution in [0.15, 0.2) is 24.3 Å². The molecule has 32 heavy (non-hydrogen) atoms. The zero-order valence-corrected chi connectivity index (χ0v) is 19.0. The standard InChI is InChI=1S/C22H29N5O4S/c1-3-31-9-8-23-22-24-12(2)17(21-26-14-6-4-5-7-16(14)32-21)20(27-22)25-15-10-13(11-28)18(29)19(15)30/h4-7,13,15,18-19,28-30H,3,8-11H2,1-2H3,(H2,23,24,25,27)/t13-,15+,18+,19-/m0/s1. The molecule has 4 rings (SSSR count). The first-order chi connectivity index (χ1) is 15.5. The van der Waals surface area contributed by atoms with E-state index in [0.29, 0.717) is 37.9 Å². The molecule has 5 N–H and O–H groups in total. The van der Waals surface area contributed by atoms with Gasteiger partial charge in [-0.05, 0) is 32.4 Å². The van der Waals surface area contributed by atoms with Crippen molar-refractivity contribution in [2.45, 2.75) is 38.5 Å². The highest BCUT2D eigenvalue weighted by Gasteiger charge is 2.41. The molecular weight excluding hydrogens is 430 g/mol. The molecule has 0 radical (unpaired) electrons. The van der Waals surface area contributed by atoms with Crippen LogP contribution >= 0.6 is 11.3 Å². The molecule has 1 aromatic carbocycles. The molecule has 1 fully saturated rings. The van der Waals surface area contributed by atoms with Gasteiger partial charge in [-0.1, -0.05) is 12.1 Å². The fraction of sp³-hybridized carbons (Fsp3) is 0.500. The topological polar surface area (TPSA) is 133 Å². The fourth-order valence-corrected chi connectivity index (χ4v) is 5.06. The van der Waals surface area contributed by atoms with Crippen LogP contribution in [0.4, 0.5) is 11.8 Å². The lowest BCUT2D eigenvalue weighted by molar-refractivity contribution is 0.00446. The van der Waals surface area contributed by atoms with Crippen molar-refractivity contribution >= 4 is 33.3 Å². The number of hydrogen-bond donors (Lipinski definition) is 5. The number of rotatable bonds is 9. The van der Waals surface area contributed by atoms with Crippen LogP contribution in [0, 0.1) is 12.8 Å². The van der Waals surface area contributed by atoms with Crippen LogP contribution in [0.5, 0.6) is 0 Å². The van der Waals surface area contributed by atoms with Crippen molar-refractivity contribution in [1.82, 2.24) is 15.0 Å². The molecule has 2 aromatic heterocycles. The smallest absolute Gasteiger partial charge is 0.224 e. The first kappa shape index (κ1) is 22.8. The average molecular weight is 460 g/mol. The van der Waals surface area contributed by atoms with Crippen LogP contribution in [0.25, 0.3) is 20.8 Å². The Morgan fingerprint density at radius 3 is 2.69 bits per heavy atom. The molecule has 9 nitrogen and oxygen atoms in total. The zero-order valence-electron chi connectivity index (χ0n) is 18.2. The lowest BCUT2D eigenvalue weighted by Gasteiger charge is -2.21. The Kier molecular flexibility index (Phi) is 7.17. The molecule has 1 saturated carbocycles. The van der Waals surface area contributed by atoms with E-state index in [0.717, 1.165) is 26.5 Å². The molecule has 10 heteroatoms. The quantitative estimate of drug-likeness (QED) is 0.305. The normalized spacial score (nSPS) is 23.0. The van der Waals surface area contributed by atoms with Crippen LogP contribution in [0.1, 0.15) is 19.0 Å². The van der Waals surface area contributed by atoms with E-state index < -0.39 is 18.2 Å². The molecule has 0 aliphatic heterocycles. The van der Waals surface area contributed by atoms with Gasteiger partial charge in [-0.15, -0.1) is 11.3 Å². The molecule has 0 spiro atoms. The monoisotopic (exact) mass is 459 g/mol. The van der Waals surface area contributed by atoms with Crippen molar-refractivity contribution in [1.29, 1.82) is 0 Å². The van der Waals surface area contributed by atoms with Crippen LogP contribution in [-0.4, -0.2) is 74.9 Å². The van der Waals surface area contributed by atoms with Gasteiger partial charge in [-0.3, -0.25) is 0 Å². The van der Waals surface area contributed by atoms with Crippen molar-refractivity contribution < 1.29 is 20.1 Å². The third-order valence-electron chi connectivity index (χ3n) is 5.69. The van der Waals surface area contributed by atoms with Crippen LogP contribution in [0.2, 0.25) is 0 Å². The van der Waals surface area contributed by atoms with Gasteiger partial charge in [-0.25, -0.2) is 9.97 Å². The number of para-hydroxylation sites is 1. The number of thiazole rings is 1. The Morgan fingerprint density at radius 2 is 1.97 bits per heavy atom. The second kappa shape index (κ2) is 10.1. The third-order valence-corrected chi connectivity index (χ3v) is 6.74. The Hall–Kier alpha value is -2.37. The van der Waals surface area contributed by atoms with Gasteiger partial charge in [0.05, 0.1) is 40.2 Å². The highest BCUT2D eigenvalue weighted by molar-refractivity contribution is 7.21. The largest absolute Gasteiger partial charge is 0.396 e. The second-order valence-electron chi connectivity index (χ2n) is 7.88. The van der Waals surface area contributed by atoms with Crippen LogP contribution < -0.4 is 10.6 Å². The number of fused-ring (bicyclic) bond motifs is 1. The lowest BCUT2D eigenvalue weighted by Crippen LogP contribution is -2.35. The van der Waals surface area contributed by atoms with Crippen molar-refractivity contribution in [3.05, 3.63) is 30.0 Å². The maximum absolute atomic E-state index is 10.5. The summed E-state index contributed by atoms with van der Waals surface area (Å²) in [5.41, 5.74) is 2.40. The van der Waals surface area contributed by atoms with Crippen LogP contribution in [0.3, 0.4) is 0 Å². The summed E-state index contributed by atoms with van der Waals surface area (Å²) in [7, 11) is 0. The third kappa shape index (κ3) is 4.69. The molecular formula is C22H29N5O4S. The fourth-order valence-electron chi connectivity index (χ4n) is 4.00. The molecule has 4 atom stereocenters. The van der Waals surface area contributed by atoms with Crippen molar-refractivity contribution in [2.75, 3.05) is 37.0 Å². The van der Waals surface area contributed by atoms with Gasteiger partial charge in [-0.2, -0.15) is 4.98 Å². The van der Waals surface area contributed by atoms with E-state index in [2.05, 4.69) is 20.6 Å². The van der Waals surface area contributed by atoms with Crippen molar-refractivity contribution in [2.24, 2.45) is 5.92 Å². The summed E-state index contributed by atoms with van der Waals surface area (Å²) in [5, 5.41) is 37.5. The summed E-state index contributed by atoms with van der Waals surface area (Å²) in [6, 6.07) is 7.45. The van der Waals surface area contributed by atoms with Gasteiger partial charge < -0.3 is 30.7 Å². The molecule has 0 saturated heterocycles. The number of benzene rings is 1. The van der Waals surface area contributed by atoms with Crippen molar-refractivity contribution in [3.63, 3.8) is 0 Å². The minimum atomic E-state index is -1.01. The molecule has 172 valence electrons. The minimum Gasteiger partial charge on any atom is -0.396 e.